The van der Waals surface area contributed by atoms with Crippen LogP contribution in [-0.4, -0.2) is 36.7 Å². The van der Waals surface area contributed by atoms with E-state index in [9.17, 15) is 19.7 Å². The Bertz CT molecular complexity index is 1010. The van der Waals surface area contributed by atoms with E-state index in [1.807, 2.05) is 0 Å². The lowest BCUT2D eigenvalue weighted by molar-refractivity contribution is -0.384. The average Bonchev–Trinajstić information content (AvgIpc) is 3.03. The number of ether oxygens (including phenoxy) is 2. The summed E-state index contributed by atoms with van der Waals surface area (Å²) in [6, 6.07) is 12.4. The van der Waals surface area contributed by atoms with Crippen LogP contribution in [0.1, 0.15) is 12.0 Å². The number of benzene rings is 2. The van der Waals surface area contributed by atoms with Gasteiger partial charge in [0.2, 0.25) is 0 Å². The van der Waals surface area contributed by atoms with Gasteiger partial charge in [-0.1, -0.05) is 12.1 Å². The highest BCUT2D eigenvalue weighted by Gasteiger charge is 2.32. The largest absolute Gasteiger partial charge is 0.497 e. The topological polar surface area (TPSA) is 111 Å². The van der Waals surface area contributed by atoms with Crippen molar-refractivity contribution >= 4 is 35.0 Å². The van der Waals surface area contributed by atoms with Crippen LogP contribution < -0.4 is 9.75 Å². The molecule has 0 fully saturated rings. The summed E-state index contributed by atoms with van der Waals surface area (Å²) in [6.07, 6.45) is 1.43. The van der Waals surface area contributed by atoms with Crippen molar-refractivity contribution in [3.8, 4) is 5.75 Å². The smallest absolute Gasteiger partial charge is 0.311 e. The predicted octanol–water partition coefficient (Wildman–Crippen LogP) is 2.95. The number of carbonyl (C=O) groups excluding carboxylic acids is 2. The Kier molecular flexibility index (Phi) is 5.68. The molecule has 0 unspecified atom stereocenters. The van der Waals surface area contributed by atoms with Gasteiger partial charge in [-0.25, -0.2) is 0 Å². The number of hydrogen-bond donors (Lipinski definition) is 0. The standard InChI is InChI=1S/C20H17N3O6/c1-28-16-9-3-13(4-10-16)11-17-18(12-19(24)29-2)21-22(20(17)25)14-5-7-15(8-6-14)23(26)27/h3-11H,12H2,1-2H3/b17-11-. The van der Waals surface area contributed by atoms with Crippen LogP contribution >= 0.6 is 0 Å². The van der Waals surface area contributed by atoms with Gasteiger partial charge in [0.15, 0.2) is 0 Å². The van der Waals surface area contributed by atoms with Crippen LogP contribution in [-0.2, 0) is 14.3 Å². The summed E-state index contributed by atoms with van der Waals surface area (Å²) < 4.78 is 9.81. The van der Waals surface area contributed by atoms with E-state index >= 15 is 0 Å². The van der Waals surface area contributed by atoms with Gasteiger partial charge < -0.3 is 9.47 Å². The third-order valence-electron chi connectivity index (χ3n) is 4.23. The minimum atomic E-state index is -0.539. The maximum Gasteiger partial charge on any atom is 0.311 e. The van der Waals surface area contributed by atoms with E-state index in [4.69, 9.17) is 9.47 Å². The van der Waals surface area contributed by atoms with Crippen molar-refractivity contribution in [1.29, 1.82) is 0 Å². The predicted molar refractivity (Wildman–Crippen MR) is 106 cm³/mol. The quantitative estimate of drug-likeness (QED) is 0.322. The van der Waals surface area contributed by atoms with Gasteiger partial charge in [-0.15, -0.1) is 0 Å². The molecule has 0 radical (unpaired) electrons. The normalized spacial score (nSPS) is 14.7. The van der Waals surface area contributed by atoms with Gasteiger partial charge in [0.25, 0.3) is 11.6 Å². The van der Waals surface area contributed by atoms with Gasteiger partial charge in [0.1, 0.15) is 5.75 Å². The van der Waals surface area contributed by atoms with Crippen LogP contribution in [0.2, 0.25) is 0 Å². The second-order valence-corrected chi connectivity index (χ2v) is 6.02. The van der Waals surface area contributed by atoms with Crippen LogP contribution in [0.4, 0.5) is 11.4 Å². The molecule has 0 aromatic heterocycles. The lowest BCUT2D eigenvalue weighted by Crippen LogP contribution is -2.21. The van der Waals surface area contributed by atoms with Crippen LogP contribution in [0.25, 0.3) is 6.08 Å². The fraction of sp³-hybridized carbons (Fsp3) is 0.150. The molecular formula is C20H17N3O6. The van der Waals surface area contributed by atoms with Crippen molar-refractivity contribution in [1.82, 2.24) is 0 Å². The Balaban J connectivity index is 1.97. The molecule has 1 aliphatic heterocycles. The average molecular weight is 395 g/mol. The summed E-state index contributed by atoms with van der Waals surface area (Å²) in [5.74, 6) is -0.322. The number of carbonyl (C=O) groups is 2. The van der Waals surface area contributed by atoms with Crippen LogP contribution in [0.15, 0.2) is 59.2 Å². The molecule has 3 rings (SSSR count). The molecule has 0 aliphatic carbocycles. The van der Waals surface area contributed by atoms with E-state index in [0.717, 1.165) is 10.6 Å². The van der Waals surface area contributed by atoms with E-state index in [1.54, 1.807) is 37.5 Å². The zero-order valence-electron chi connectivity index (χ0n) is 15.7. The molecule has 9 nitrogen and oxygen atoms in total. The van der Waals surface area contributed by atoms with Crippen molar-refractivity contribution < 1.29 is 24.0 Å². The van der Waals surface area contributed by atoms with Gasteiger partial charge >= 0.3 is 5.97 Å². The molecular weight excluding hydrogens is 378 g/mol. The maximum atomic E-state index is 13.0. The van der Waals surface area contributed by atoms with Gasteiger partial charge in [0.05, 0.1) is 42.5 Å². The van der Waals surface area contributed by atoms with Gasteiger partial charge in [-0.2, -0.15) is 10.1 Å². The fourth-order valence-corrected chi connectivity index (χ4v) is 2.70. The number of esters is 1. The maximum absolute atomic E-state index is 13.0. The van der Waals surface area contributed by atoms with Crippen molar-refractivity contribution in [3.63, 3.8) is 0 Å². The summed E-state index contributed by atoms with van der Waals surface area (Å²) in [6.45, 7) is 0. The first kappa shape index (κ1) is 19.7. The van der Waals surface area contributed by atoms with E-state index in [1.165, 1.54) is 31.4 Å². The number of non-ortho nitro benzene ring substituents is 1. The Morgan fingerprint density at radius 2 is 1.79 bits per heavy atom. The highest BCUT2D eigenvalue weighted by Crippen LogP contribution is 2.28. The first-order valence-electron chi connectivity index (χ1n) is 8.52. The van der Waals surface area contributed by atoms with Crippen LogP contribution in [0.3, 0.4) is 0 Å². The fourth-order valence-electron chi connectivity index (χ4n) is 2.70. The molecule has 0 N–H and O–H groups in total. The SMILES string of the molecule is COC(=O)CC1=NN(c2ccc([N+](=O)[O-])cc2)C(=O)/C1=C\c1ccc(OC)cc1. The third kappa shape index (κ3) is 4.29. The van der Waals surface area contributed by atoms with Gasteiger partial charge in [0, 0.05) is 12.1 Å². The molecule has 0 saturated carbocycles. The summed E-state index contributed by atoms with van der Waals surface area (Å²) >= 11 is 0. The number of methoxy groups -OCH3 is 2. The summed E-state index contributed by atoms with van der Waals surface area (Å²) in [7, 11) is 2.80. The van der Waals surface area contributed by atoms with Crippen molar-refractivity contribution in [2.45, 2.75) is 6.42 Å². The van der Waals surface area contributed by atoms with E-state index in [0.29, 0.717) is 11.4 Å². The number of nitro benzene ring substituents is 1. The summed E-state index contributed by atoms with van der Waals surface area (Å²) in [5, 5.41) is 16.2. The number of anilines is 1. The minimum Gasteiger partial charge on any atom is -0.497 e. The number of amides is 1. The Hall–Kier alpha value is -4.01. The molecule has 2 aromatic rings. The molecule has 0 bridgehead atoms. The van der Waals surface area contributed by atoms with E-state index in [2.05, 4.69) is 5.10 Å². The molecule has 1 aliphatic rings. The third-order valence-corrected chi connectivity index (χ3v) is 4.23. The molecule has 0 atom stereocenters. The van der Waals surface area contributed by atoms with E-state index < -0.39 is 16.8 Å². The highest BCUT2D eigenvalue weighted by atomic mass is 16.6. The molecule has 0 spiro atoms. The lowest BCUT2D eigenvalue weighted by Gasteiger charge is -2.11. The first-order valence-corrected chi connectivity index (χ1v) is 8.52. The van der Waals surface area contributed by atoms with Gasteiger partial charge in [-0.3, -0.25) is 19.7 Å². The van der Waals surface area contributed by atoms with Crippen molar-refractivity contribution in [3.05, 3.63) is 69.8 Å². The monoisotopic (exact) mass is 395 g/mol. The second-order valence-electron chi connectivity index (χ2n) is 6.02. The molecule has 0 saturated heterocycles. The lowest BCUT2D eigenvalue weighted by atomic mass is 10.0. The minimum absolute atomic E-state index is 0.104. The summed E-state index contributed by atoms with van der Waals surface area (Å²) in [4.78, 5) is 35.0. The Morgan fingerprint density at radius 3 is 2.34 bits per heavy atom. The molecule has 29 heavy (non-hydrogen) atoms. The molecule has 1 amide bonds. The number of hydrazone groups is 1. The molecule has 9 heteroatoms. The molecule has 2 aromatic carbocycles. The molecule has 1 heterocycles. The first-order chi connectivity index (χ1) is 13.9. The van der Waals surface area contributed by atoms with Crippen molar-refractivity contribution in [2.75, 3.05) is 19.2 Å². The number of nitrogens with zero attached hydrogens (tertiary/aromatic N) is 3. The van der Waals surface area contributed by atoms with E-state index in [-0.39, 0.29) is 23.4 Å². The zero-order chi connectivity index (χ0) is 21.0. The molecule has 148 valence electrons. The number of hydrogen-bond acceptors (Lipinski definition) is 7. The number of rotatable bonds is 6. The highest BCUT2D eigenvalue weighted by molar-refractivity contribution is 6.34. The van der Waals surface area contributed by atoms with Crippen molar-refractivity contribution in [2.24, 2.45) is 5.10 Å². The number of nitro groups is 1. The van der Waals surface area contributed by atoms with Crippen LogP contribution in [0.5, 0.6) is 5.75 Å². The Labute approximate surface area is 166 Å². The summed E-state index contributed by atoms with van der Waals surface area (Å²) in [5.41, 5.74) is 1.45. The van der Waals surface area contributed by atoms with Crippen LogP contribution in [0, 0.1) is 10.1 Å². The zero-order valence-corrected chi connectivity index (χ0v) is 15.7. The van der Waals surface area contributed by atoms with Gasteiger partial charge in [-0.05, 0) is 35.9 Å². The Morgan fingerprint density at radius 1 is 1.14 bits per heavy atom. The second kappa shape index (κ2) is 8.34.